The quantitative estimate of drug-likeness (QED) is 0.649. The van der Waals surface area contributed by atoms with Gasteiger partial charge in [0.1, 0.15) is 0 Å². The third-order valence-corrected chi connectivity index (χ3v) is 5.57. The number of carbonyl (C=O) groups excluding carboxylic acids is 1. The van der Waals surface area contributed by atoms with Crippen LogP contribution >= 0.6 is 12.4 Å². The molecule has 8 heteroatoms. The summed E-state index contributed by atoms with van der Waals surface area (Å²) in [7, 11) is -2.12. The van der Waals surface area contributed by atoms with Gasteiger partial charge < -0.3 is 11.1 Å². The maximum Gasteiger partial charge on any atom is 0.240 e. The normalized spacial score (nSPS) is 11.7. The molecule has 0 aliphatic rings. The Morgan fingerprint density at radius 1 is 1.26 bits per heavy atom. The lowest BCUT2D eigenvalue weighted by Gasteiger charge is -2.28. The Labute approximate surface area is 144 Å². The summed E-state index contributed by atoms with van der Waals surface area (Å²) in [5, 5.41) is 2.86. The fraction of sp³-hybridized carbons (Fsp3) is 0.533. The largest absolute Gasteiger partial charge is 0.352 e. The third-order valence-electron chi connectivity index (χ3n) is 4.16. The van der Waals surface area contributed by atoms with Crippen LogP contribution in [0.1, 0.15) is 32.3 Å². The topological polar surface area (TPSA) is 101 Å². The van der Waals surface area contributed by atoms with E-state index in [0.717, 1.165) is 5.56 Å². The van der Waals surface area contributed by atoms with Crippen molar-refractivity contribution in [3.63, 3.8) is 0 Å². The van der Waals surface area contributed by atoms with Crippen molar-refractivity contribution < 1.29 is 13.2 Å². The van der Waals surface area contributed by atoms with Gasteiger partial charge in [0, 0.05) is 13.1 Å². The predicted octanol–water partition coefficient (Wildman–Crippen LogP) is 1.40. The minimum absolute atomic E-state index is 0. The van der Waals surface area contributed by atoms with Gasteiger partial charge in [-0.3, -0.25) is 4.79 Å². The number of rotatable bonds is 8. The minimum atomic E-state index is -3.48. The molecule has 0 heterocycles. The first-order chi connectivity index (χ1) is 10.3. The Balaban J connectivity index is 0.00000484. The van der Waals surface area contributed by atoms with E-state index in [9.17, 15) is 13.2 Å². The number of carbonyl (C=O) groups is 1. The molecule has 0 fully saturated rings. The van der Waals surface area contributed by atoms with Crippen LogP contribution in [0.4, 0.5) is 0 Å². The number of sulfonamides is 1. The lowest BCUT2D eigenvalue weighted by Crippen LogP contribution is -2.45. The van der Waals surface area contributed by atoms with Crippen molar-refractivity contribution in [3.05, 3.63) is 29.8 Å². The first-order valence-corrected chi connectivity index (χ1v) is 8.84. The number of hydrogen-bond acceptors (Lipinski definition) is 4. The first-order valence-electron chi connectivity index (χ1n) is 7.36. The van der Waals surface area contributed by atoms with E-state index in [1.807, 2.05) is 13.8 Å². The van der Waals surface area contributed by atoms with Crippen molar-refractivity contribution in [1.82, 2.24) is 10.0 Å². The molecule has 1 aromatic carbocycles. The molecule has 4 N–H and O–H groups in total. The van der Waals surface area contributed by atoms with E-state index in [1.165, 1.54) is 13.1 Å². The highest BCUT2D eigenvalue weighted by molar-refractivity contribution is 7.89. The standard InChI is InChI=1S/C15H25N3O3S.ClH/c1-4-15(5-2,11-16)14(19)18-10-12-7-6-8-13(9-12)22(20,21)17-3;/h6-9,17H,4-5,10-11,16H2,1-3H3,(H,18,19);1H. The lowest BCUT2D eigenvalue weighted by molar-refractivity contribution is -0.131. The molecule has 132 valence electrons. The zero-order valence-corrected chi connectivity index (χ0v) is 15.4. The molecule has 0 aliphatic heterocycles. The monoisotopic (exact) mass is 363 g/mol. The van der Waals surface area contributed by atoms with Crippen LogP contribution in [0.2, 0.25) is 0 Å². The van der Waals surface area contributed by atoms with Crippen LogP contribution in [0.3, 0.4) is 0 Å². The second-order valence-electron chi connectivity index (χ2n) is 5.23. The summed E-state index contributed by atoms with van der Waals surface area (Å²) in [4.78, 5) is 12.5. The molecule has 1 aromatic rings. The smallest absolute Gasteiger partial charge is 0.240 e. The Morgan fingerprint density at radius 2 is 1.87 bits per heavy atom. The molecular weight excluding hydrogens is 338 g/mol. The van der Waals surface area contributed by atoms with E-state index in [0.29, 0.717) is 19.4 Å². The number of halogens is 1. The highest BCUT2D eigenvalue weighted by Gasteiger charge is 2.32. The average molecular weight is 364 g/mol. The molecule has 0 aromatic heterocycles. The maximum atomic E-state index is 12.3. The van der Waals surface area contributed by atoms with E-state index < -0.39 is 15.4 Å². The zero-order chi connectivity index (χ0) is 16.8. The fourth-order valence-corrected chi connectivity index (χ4v) is 3.06. The Bertz CT molecular complexity index is 608. The van der Waals surface area contributed by atoms with Gasteiger partial charge in [0.2, 0.25) is 15.9 Å². The molecule has 1 amide bonds. The van der Waals surface area contributed by atoms with Crippen molar-refractivity contribution >= 4 is 28.3 Å². The predicted molar refractivity (Wildman–Crippen MR) is 93.9 cm³/mol. The number of benzene rings is 1. The van der Waals surface area contributed by atoms with Crippen LogP contribution in [0.25, 0.3) is 0 Å². The van der Waals surface area contributed by atoms with Crippen molar-refractivity contribution in [1.29, 1.82) is 0 Å². The summed E-state index contributed by atoms with van der Waals surface area (Å²) in [6.07, 6.45) is 1.33. The summed E-state index contributed by atoms with van der Waals surface area (Å²) >= 11 is 0. The molecule has 0 aliphatic carbocycles. The lowest BCUT2D eigenvalue weighted by atomic mass is 9.81. The van der Waals surface area contributed by atoms with E-state index >= 15 is 0 Å². The second-order valence-corrected chi connectivity index (χ2v) is 7.12. The molecule has 0 saturated heterocycles. The molecule has 0 radical (unpaired) electrons. The van der Waals surface area contributed by atoms with Crippen molar-refractivity contribution in [2.24, 2.45) is 11.1 Å². The van der Waals surface area contributed by atoms with E-state index in [-0.39, 0.29) is 29.8 Å². The van der Waals surface area contributed by atoms with Crippen molar-refractivity contribution in [2.45, 2.75) is 38.1 Å². The van der Waals surface area contributed by atoms with Gasteiger partial charge in [-0.25, -0.2) is 13.1 Å². The highest BCUT2D eigenvalue weighted by Crippen LogP contribution is 2.25. The average Bonchev–Trinajstić information content (AvgIpc) is 2.55. The van der Waals surface area contributed by atoms with Crippen LogP contribution in [-0.4, -0.2) is 27.9 Å². The third kappa shape index (κ3) is 5.17. The molecule has 0 atom stereocenters. The summed E-state index contributed by atoms with van der Waals surface area (Å²) in [5.41, 5.74) is 5.91. The Morgan fingerprint density at radius 3 is 2.35 bits per heavy atom. The molecule has 23 heavy (non-hydrogen) atoms. The van der Waals surface area contributed by atoms with Crippen molar-refractivity contribution in [3.8, 4) is 0 Å². The van der Waals surface area contributed by atoms with Gasteiger partial charge >= 0.3 is 0 Å². The van der Waals surface area contributed by atoms with Crippen LogP contribution in [0.15, 0.2) is 29.2 Å². The van der Waals surface area contributed by atoms with Crippen LogP contribution in [-0.2, 0) is 21.4 Å². The first kappa shape index (κ1) is 21.9. The number of amides is 1. The molecule has 0 unspecified atom stereocenters. The summed E-state index contributed by atoms with van der Waals surface area (Å²) in [6, 6.07) is 6.49. The van der Waals surface area contributed by atoms with Gasteiger partial charge in [0.25, 0.3) is 0 Å². The van der Waals surface area contributed by atoms with Gasteiger partial charge in [-0.15, -0.1) is 12.4 Å². The molecule has 0 spiro atoms. The highest BCUT2D eigenvalue weighted by atomic mass is 35.5. The van der Waals surface area contributed by atoms with E-state index in [1.54, 1.807) is 18.2 Å². The Hall–Kier alpha value is -1.15. The van der Waals surface area contributed by atoms with E-state index in [4.69, 9.17) is 5.73 Å². The van der Waals surface area contributed by atoms with Gasteiger partial charge in [0.15, 0.2) is 0 Å². The van der Waals surface area contributed by atoms with Crippen LogP contribution < -0.4 is 15.8 Å². The number of hydrogen-bond donors (Lipinski definition) is 3. The number of nitrogens with one attached hydrogen (secondary N) is 2. The summed E-state index contributed by atoms with van der Waals surface area (Å²) in [6.45, 7) is 4.44. The van der Waals surface area contributed by atoms with E-state index in [2.05, 4.69) is 10.0 Å². The van der Waals surface area contributed by atoms with Crippen molar-refractivity contribution in [2.75, 3.05) is 13.6 Å². The fourth-order valence-electron chi connectivity index (χ4n) is 2.26. The molecule has 1 rings (SSSR count). The van der Waals surface area contributed by atoms with Gasteiger partial charge in [0.05, 0.1) is 10.3 Å². The number of nitrogens with two attached hydrogens (primary N) is 1. The van der Waals surface area contributed by atoms with Gasteiger partial charge in [-0.2, -0.15) is 0 Å². The molecule has 0 saturated carbocycles. The SMILES string of the molecule is CCC(CC)(CN)C(=O)NCc1cccc(S(=O)(=O)NC)c1.Cl. The zero-order valence-electron chi connectivity index (χ0n) is 13.8. The van der Waals surface area contributed by atoms with Gasteiger partial charge in [-0.1, -0.05) is 26.0 Å². The summed E-state index contributed by atoms with van der Waals surface area (Å²) < 4.78 is 25.8. The maximum absolute atomic E-state index is 12.3. The van der Waals surface area contributed by atoms with Crippen LogP contribution in [0.5, 0.6) is 0 Å². The van der Waals surface area contributed by atoms with Crippen LogP contribution in [0, 0.1) is 5.41 Å². The van der Waals surface area contributed by atoms with Gasteiger partial charge in [-0.05, 0) is 37.6 Å². The molecule has 6 nitrogen and oxygen atoms in total. The second kappa shape index (κ2) is 9.22. The molecular formula is C15H26ClN3O3S. The minimum Gasteiger partial charge on any atom is -0.352 e. The molecule has 0 bridgehead atoms. The summed E-state index contributed by atoms with van der Waals surface area (Å²) in [5.74, 6) is -0.0955. The Kier molecular flexibility index (Phi) is 8.76.